The van der Waals surface area contributed by atoms with Gasteiger partial charge in [0.2, 0.25) is 0 Å². The van der Waals surface area contributed by atoms with E-state index in [9.17, 15) is 14.4 Å². The second kappa shape index (κ2) is 62.6. The summed E-state index contributed by atoms with van der Waals surface area (Å²) in [5, 5.41) is 0. The highest BCUT2D eigenvalue weighted by molar-refractivity contribution is 5.71. The fourth-order valence-electron chi connectivity index (χ4n) is 7.78. The standard InChI is InChI=1S/C70H110O6/c1-4-7-10-13-16-19-22-24-26-28-30-32-33-34-35-36-37-39-40-42-44-46-48-51-54-57-60-63-69(72)75-66-67(65-74-68(71)62-59-56-53-50-21-18-15-12-9-6-3)76-70(73)64-61-58-55-52-49-47-45-43-41-38-31-29-27-25-23-20-17-14-11-8-5-2/h7-8,10-11,16-17,19-20,24-27,30-32,34-35,37-39,42-45,49,52,67H,4-6,9,12-15,18,21-23,28-29,33,36,40-41,46-48,50-51,53-66H2,1-3H3/b10-7-,11-8-,19-16-,20-17-,26-24-,27-25-,32-30-,35-34-,38-31-,39-37-,44-42-,45-43-,52-49-. The van der Waals surface area contributed by atoms with E-state index in [1.165, 1.54) is 44.9 Å². The van der Waals surface area contributed by atoms with Crippen molar-refractivity contribution in [1.29, 1.82) is 0 Å². The van der Waals surface area contributed by atoms with E-state index in [-0.39, 0.29) is 37.5 Å². The summed E-state index contributed by atoms with van der Waals surface area (Å²) in [6, 6.07) is 0. The fourth-order valence-corrected chi connectivity index (χ4v) is 7.78. The van der Waals surface area contributed by atoms with E-state index < -0.39 is 6.10 Å². The molecule has 0 aromatic carbocycles. The monoisotopic (exact) mass is 1050 g/mol. The minimum absolute atomic E-state index is 0.107. The summed E-state index contributed by atoms with van der Waals surface area (Å²) in [6.07, 6.45) is 91.0. The van der Waals surface area contributed by atoms with Crippen LogP contribution in [0.4, 0.5) is 0 Å². The Bertz CT molecular complexity index is 1720. The van der Waals surface area contributed by atoms with Crippen LogP contribution in [-0.2, 0) is 28.6 Å². The molecule has 6 nitrogen and oxygen atoms in total. The van der Waals surface area contributed by atoms with Gasteiger partial charge >= 0.3 is 17.9 Å². The fraction of sp³-hybridized carbons (Fsp3) is 0.586. The summed E-state index contributed by atoms with van der Waals surface area (Å²) < 4.78 is 16.8. The highest BCUT2D eigenvalue weighted by atomic mass is 16.6. The third kappa shape index (κ3) is 59.9. The van der Waals surface area contributed by atoms with Crippen LogP contribution >= 0.6 is 0 Å². The van der Waals surface area contributed by atoms with Crippen LogP contribution < -0.4 is 0 Å². The molecule has 1 unspecified atom stereocenters. The third-order valence-electron chi connectivity index (χ3n) is 12.3. The Morgan fingerprint density at radius 3 is 0.829 bits per heavy atom. The number of rotatable bonds is 53. The number of unbranched alkanes of at least 4 members (excludes halogenated alkanes) is 16. The first-order valence-electron chi connectivity index (χ1n) is 30.5. The zero-order valence-corrected chi connectivity index (χ0v) is 48.7. The minimum Gasteiger partial charge on any atom is -0.462 e. The number of ether oxygens (including phenoxy) is 3. The molecule has 0 aromatic rings. The number of hydrogen-bond donors (Lipinski definition) is 0. The Kier molecular flexibility index (Phi) is 58.5. The van der Waals surface area contributed by atoms with Gasteiger partial charge in [0, 0.05) is 19.3 Å². The quantitative estimate of drug-likeness (QED) is 0.0261. The number of allylic oxidation sites excluding steroid dienone is 26. The zero-order chi connectivity index (χ0) is 55.0. The van der Waals surface area contributed by atoms with Gasteiger partial charge in [-0.25, -0.2) is 0 Å². The van der Waals surface area contributed by atoms with Crippen LogP contribution in [0.5, 0.6) is 0 Å². The van der Waals surface area contributed by atoms with Gasteiger partial charge in [-0.3, -0.25) is 14.4 Å². The molecule has 0 radical (unpaired) electrons. The van der Waals surface area contributed by atoms with Crippen molar-refractivity contribution in [2.75, 3.05) is 13.2 Å². The molecule has 1 atom stereocenters. The second-order valence-corrected chi connectivity index (χ2v) is 19.5. The van der Waals surface area contributed by atoms with Gasteiger partial charge in [-0.1, -0.05) is 256 Å². The van der Waals surface area contributed by atoms with Crippen LogP contribution in [0.15, 0.2) is 158 Å². The molecule has 0 heterocycles. The van der Waals surface area contributed by atoms with E-state index >= 15 is 0 Å². The van der Waals surface area contributed by atoms with Crippen LogP contribution in [0.3, 0.4) is 0 Å². The van der Waals surface area contributed by atoms with Crippen molar-refractivity contribution in [1.82, 2.24) is 0 Å². The molecule has 0 aliphatic heterocycles. The molecule has 0 aliphatic rings. The van der Waals surface area contributed by atoms with Crippen LogP contribution in [-0.4, -0.2) is 37.2 Å². The van der Waals surface area contributed by atoms with E-state index in [2.05, 4.69) is 179 Å². The molecule has 6 heteroatoms. The van der Waals surface area contributed by atoms with Crippen molar-refractivity contribution in [3.63, 3.8) is 0 Å². The van der Waals surface area contributed by atoms with E-state index in [0.29, 0.717) is 19.3 Å². The lowest BCUT2D eigenvalue weighted by Gasteiger charge is -2.18. The predicted molar refractivity (Wildman–Crippen MR) is 329 cm³/mol. The zero-order valence-electron chi connectivity index (χ0n) is 48.7. The largest absolute Gasteiger partial charge is 0.462 e. The first-order chi connectivity index (χ1) is 37.5. The van der Waals surface area contributed by atoms with Crippen molar-refractivity contribution >= 4 is 17.9 Å². The molecule has 0 rings (SSSR count). The number of hydrogen-bond acceptors (Lipinski definition) is 6. The Morgan fingerprint density at radius 2 is 0.513 bits per heavy atom. The summed E-state index contributed by atoms with van der Waals surface area (Å²) >= 11 is 0. The Morgan fingerprint density at radius 1 is 0.276 bits per heavy atom. The van der Waals surface area contributed by atoms with Gasteiger partial charge in [0.05, 0.1) is 0 Å². The van der Waals surface area contributed by atoms with Gasteiger partial charge < -0.3 is 14.2 Å². The lowest BCUT2D eigenvalue weighted by atomic mass is 10.1. The normalized spacial score (nSPS) is 13.2. The maximum absolute atomic E-state index is 12.9. The molecular formula is C70H110O6. The lowest BCUT2D eigenvalue weighted by Crippen LogP contribution is -2.30. The highest BCUT2D eigenvalue weighted by Crippen LogP contribution is 2.14. The number of esters is 3. The minimum atomic E-state index is -0.816. The Balaban J connectivity index is 4.43. The molecule has 0 aliphatic carbocycles. The lowest BCUT2D eigenvalue weighted by molar-refractivity contribution is -0.167. The molecule has 0 saturated carbocycles. The summed E-state index contributed by atoms with van der Waals surface area (Å²) in [5.74, 6) is -0.978. The summed E-state index contributed by atoms with van der Waals surface area (Å²) in [4.78, 5) is 38.2. The van der Waals surface area contributed by atoms with E-state index in [1.807, 2.05) is 0 Å². The van der Waals surface area contributed by atoms with E-state index in [4.69, 9.17) is 14.2 Å². The van der Waals surface area contributed by atoms with Crippen molar-refractivity contribution in [3.05, 3.63) is 158 Å². The Hall–Kier alpha value is -4.97. The molecular weight excluding hydrogens is 937 g/mol. The second-order valence-electron chi connectivity index (χ2n) is 19.5. The van der Waals surface area contributed by atoms with E-state index in [0.717, 1.165) is 154 Å². The molecule has 0 amide bonds. The van der Waals surface area contributed by atoms with Gasteiger partial charge in [0.1, 0.15) is 13.2 Å². The van der Waals surface area contributed by atoms with Crippen LogP contribution in [0.25, 0.3) is 0 Å². The Labute approximate surface area is 467 Å². The molecule has 426 valence electrons. The third-order valence-corrected chi connectivity index (χ3v) is 12.3. The molecule has 76 heavy (non-hydrogen) atoms. The topological polar surface area (TPSA) is 78.9 Å². The van der Waals surface area contributed by atoms with Crippen LogP contribution in [0.2, 0.25) is 0 Å². The highest BCUT2D eigenvalue weighted by Gasteiger charge is 2.19. The van der Waals surface area contributed by atoms with Gasteiger partial charge in [-0.15, -0.1) is 0 Å². The average Bonchev–Trinajstić information content (AvgIpc) is 3.42. The number of carbonyl (C=O) groups is 3. The summed E-state index contributed by atoms with van der Waals surface area (Å²) in [7, 11) is 0. The average molecular weight is 1050 g/mol. The van der Waals surface area contributed by atoms with Crippen molar-refractivity contribution < 1.29 is 28.6 Å². The van der Waals surface area contributed by atoms with Crippen molar-refractivity contribution in [2.45, 2.75) is 252 Å². The maximum Gasteiger partial charge on any atom is 0.306 e. The maximum atomic E-state index is 12.9. The molecule has 0 aromatic heterocycles. The van der Waals surface area contributed by atoms with Crippen molar-refractivity contribution in [3.8, 4) is 0 Å². The molecule has 0 N–H and O–H groups in total. The first-order valence-corrected chi connectivity index (χ1v) is 30.5. The van der Waals surface area contributed by atoms with Crippen molar-refractivity contribution in [2.24, 2.45) is 0 Å². The number of carbonyl (C=O) groups excluding carboxylic acids is 3. The molecule has 0 spiro atoms. The SMILES string of the molecule is CC/C=C\C/C=C\C/C=C\C/C=C\C/C=C\C/C=C\C/C=C\CCCCCCCC(=O)OCC(COC(=O)CCCCCCCCCCCC)OC(=O)CCCC/C=C\C/C=C\C/C=C\C/C=C\C/C=C\C/C=C\CC. The van der Waals surface area contributed by atoms with Gasteiger partial charge in [0.25, 0.3) is 0 Å². The molecule has 0 fully saturated rings. The van der Waals surface area contributed by atoms with Gasteiger partial charge in [0.15, 0.2) is 6.10 Å². The first kappa shape index (κ1) is 71.0. The molecule has 0 bridgehead atoms. The van der Waals surface area contributed by atoms with Gasteiger partial charge in [-0.05, 0) is 128 Å². The molecule has 0 saturated heterocycles. The summed E-state index contributed by atoms with van der Waals surface area (Å²) in [6.45, 7) is 6.33. The predicted octanol–water partition coefficient (Wildman–Crippen LogP) is 20.9. The smallest absolute Gasteiger partial charge is 0.306 e. The van der Waals surface area contributed by atoms with Gasteiger partial charge in [-0.2, -0.15) is 0 Å². The van der Waals surface area contributed by atoms with Crippen LogP contribution in [0.1, 0.15) is 245 Å². The van der Waals surface area contributed by atoms with Crippen LogP contribution in [0, 0.1) is 0 Å². The van der Waals surface area contributed by atoms with E-state index in [1.54, 1.807) is 0 Å². The summed E-state index contributed by atoms with van der Waals surface area (Å²) in [5.41, 5.74) is 0.